The van der Waals surface area contributed by atoms with Crippen molar-refractivity contribution < 1.29 is 9.21 Å². The quantitative estimate of drug-likeness (QED) is 0.774. The lowest BCUT2D eigenvalue weighted by Gasteiger charge is -2.26. The van der Waals surface area contributed by atoms with Crippen LogP contribution in [0.1, 0.15) is 29.8 Å². The van der Waals surface area contributed by atoms with Gasteiger partial charge in [0.25, 0.3) is 5.91 Å². The Morgan fingerprint density at radius 3 is 3.06 bits per heavy atom. The van der Waals surface area contributed by atoms with E-state index in [2.05, 4.69) is 5.32 Å². The highest BCUT2D eigenvalue weighted by Gasteiger charge is 2.39. The van der Waals surface area contributed by atoms with Crippen molar-refractivity contribution in [3.05, 3.63) is 24.2 Å². The summed E-state index contributed by atoms with van der Waals surface area (Å²) in [5, 5.41) is 3.38. The molecule has 0 aliphatic carbocycles. The Hall–Kier alpha value is -1.29. The van der Waals surface area contributed by atoms with Gasteiger partial charge in [-0.05, 0) is 37.9 Å². The van der Waals surface area contributed by atoms with E-state index in [1.807, 2.05) is 4.90 Å². The third kappa shape index (κ3) is 1.53. The van der Waals surface area contributed by atoms with Gasteiger partial charge in [0.05, 0.1) is 6.26 Å². The maximum absolute atomic E-state index is 12.3. The predicted octanol–water partition coefficient (Wildman–Crippen LogP) is 1.25. The molecule has 4 nitrogen and oxygen atoms in total. The molecule has 2 fully saturated rings. The standard InChI is InChI=1S/C12H16N2O2/c15-12(11-2-1-7-16-11)14-9-3-4-10(14)8-13-6-5-9/h1-2,7,9-10,13H,3-6,8H2. The second-order valence-electron chi connectivity index (χ2n) is 4.57. The third-order valence-corrected chi connectivity index (χ3v) is 3.62. The van der Waals surface area contributed by atoms with Gasteiger partial charge in [0.1, 0.15) is 0 Å². The van der Waals surface area contributed by atoms with Crippen molar-refractivity contribution in [2.75, 3.05) is 13.1 Å². The first-order chi connectivity index (χ1) is 7.86. The summed E-state index contributed by atoms with van der Waals surface area (Å²) in [5.74, 6) is 0.528. The lowest BCUT2D eigenvalue weighted by atomic mass is 10.1. The smallest absolute Gasteiger partial charge is 0.290 e. The molecule has 2 atom stereocenters. The molecule has 0 spiro atoms. The first-order valence-electron chi connectivity index (χ1n) is 5.93. The zero-order valence-corrected chi connectivity index (χ0v) is 9.19. The second kappa shape index (κ2) is 3.94. The average Bonchev–Trinajstić information content (AvgIpc) is 2.84. The highest BCUT2D eigenvalue weighted by atomic mass is 16.3. The topological polar surface area (TPSA) is 45.5 Å². The summed E-state index contributed by atoms with van der Waals surface area (Å²) in [7, 11) is 0. The first-order valence-corrected chi connectivity index (χ1v) is 5.93. The lowest BCUT2D eigenvalue weighted by molar-refractivity contribution is 0.0647. The highest BCUT2D eigenvalue weighted by molar-refractivity contribution is 5.92. The lowest BCUT2D eigenvalue weighted by Crippen LogP contribution is -2.42. The molecule has 3 rings (SSSR count). The summed E-state index contributed by atoms with van der Waals surface area (Å²) in [6.45, 7) is 1.94. The molecule has 0 aromatic carbocycles. The molecule has 1 aromatic heterocycles. The number of hydrogen-bond donors (Lipinski definition) is 1. The van der Waals surface area contributed by atoms with Gasteiger partial charge in [0, 0.05) is 18.6 Å². The monoisotopic (exact) mass is 220 g/mol. The molecule has 2 bridgehead atoms. The van der Waals surface area contributed by atoms with Gasteiger partial charge in [-0.3, -0.25) is 4.79 Å². The third-order valence-electron chi connectivity index (χ3n) is 3.62. The molecule has 3 heterocycles. The number of furan rings is 1. The van der Waals surface area contributed by atoms with Crippen LogP contribution in [-0.4, -0.2) is 36.0 Å². The fraction of sp³-hybridized carbons (Fsp3) is 0.583. The van der Waals surface area contributed by atoms with Crippen LogP contribution in [0.25, 0.3) is 0 Å². The van der Waals surface area contributed by atoms with Gasteiger partial charge in [-0.2, -0.15) is 0 Å². The fourth-order valence-electron chi connectivity index (χ4n) is 2.84. The number of hydrogen-bond acceptors (Lipinski definition) is 3. The Bertz CT molecular complexity index is 360. The first kappa shape index (κ1) is 9.90. The molecule has 0 saturated carbocycles. The zero-order valence-electron chi connectivity index (χ0n) is 9.19. The van der Waals surface area contributed by atoms with Crippen molar-refractivity contribution >= 4 is 5.91 Å². The maximum atomic E-state index is 12.3. The Balaban J connectivity index is 1.85. The number of nitrogens with one attached hydrogen (secondary N) is 1. The minimum atomic E-state index is 0.0567. The molecule has 16 heavy (non-hydrogen) atoms. The number of nitrogens with zero attached hydrogens (tertiary/aromatic N) is 1. The van der Waals surface area contributed by atoms with E-state index in [1.165, 1.54) is 0 Å². The molecule has 2 aliphatic heterocycles. The van der Waals surface area contributed by atoms with Gasteiger partial charge in [-0.1, -0.05) is 0 Å². The van der Waals surface area contributed by atoms with Gasteiger partial charge in [0.15, 0.2) is 5.76 Å². The Morgan fingerprint density at radius 1 is 1.38 bits per heavy atom. The summed E-state index contributed by atoms with van der Waals surface area (Å²) in [4.78, 5) is 14.3. The van der Waals surface area contributed by atoms with Crippen molar-refractivity contribution in [3.63, 3.8) is 0 Å². The molecular formula is C12H16N2O2. The predicted molar refractivity (Wildman–Crippen MR) is 59.2 cm³/mol. The van der Waals surface area contributed by atoms with Crippen LogP contribution in [0, 0.1) is 0 Å². The van der Waals surface area contributed by atoms with Gasteiger partial charge >= 0.3 is 0 Å². The van der Waals surface area contributed by atoms with Crippen LogP contribution in [0.4, 0.5) is 0 Å². The normalized spacial score (nSPS) is 29.1. The van der Waals surface area contributed by atoms with E-state index in [-0.39, 0.29) is 5.91 Å². The molecular weight excluding hydrogens is 204 g/mol. The summed E-state index contributed by atoms with van der Waals surface area (Å²) in [5.41, 5.74) is 0. The minimum absolute atomic E-state index is 0.0567. The van der Waals surface area contributed by atoms with E-state index in [1.54, 1.807) is 18.4 Å². The minimum Gasteiger partial charge on any atom is -0.459 e. The van der Waals surface area contributed by atoms with E-state index in [9.17, 15) is 4.79 Å². The van der Waals surface area contributed by atoms with E-state index in [0.29, 0.717) is 17.8 Å². The fourth-order valence-corrected chi connectivity index (χ4v) is 2.84. The van der Waals surface area contributed by atoms with Crippen LogP contribution in [0.3, 0.4) is 0 Å². The van der Waals surface area contributed by atoms with Crippen LogP contribution >= 0.6 is 0 Å². The van der Waals surface area contributed by atoms with Crippen LogP contribution in [0.15, 0.2) is 22.8 Å². The van der Waals surface area contributed by atoms with Crippen LogP contribution < -0.4 is 5.32 Å². The number of carbonyl (C=O) groups excluding carboxylic acids is 1. The molecule has 4 heteroatoms. The number of amides is 1. The number of rotatable bonds is 1. The Morgan fingerprint density at radius 2 is 2.25 bits per heavy atom. The summed E-state index contributed by atoms with van der Waals surface area (Å²) in [6, 6.07) is 4.27. The van der Waals surface area contributed by atoms with Crippen LogP contribution in [-0.2, 0) is 0 Å². The van der Waals surface area contributed by atoms with Gasteiger partial charge in [-0.15, -0.1) is 0 Å². The van der Waals surface area contributed by atoms with Crippen molar-refractivity contribution in [2.45, 2.75) is 31.3 Å². The Labute approximate surface area is 94.6 Å². The molecule has 1 amide bonds. The molecule has 86 valence electrons. The van der Waals surface area contributed by atoms with Crippen molar-refractivity contribution in [3.8, 4) is 0 Å². The van der Waals surface area contributed by atoms with E-state index in [0.717, 1.165) is 32.4 Å². The van der Waals surface area contributed by atoms with Gasteiger partial charge in [0.2, 0.25) is 0 Å². The zero-order chi connectivity index (χ0) is 11.0. The number of fused-ring (bicyclic) bond motifs is 2. The average molecular weight is 220 g/mol. The van der Waals surface area contributed by atoms with Gasteiger partial charge < -0.3 is 14.6 Å². The Kier molecular flexibility index (Phi) is 2.44. The van der Waals surface area contributed by atoms with Crippen LogP contribution in [0.2, 0.25) is 0 Å². The van der Waals surface area contributed by atoms with Crippen molar-refractivity contribution in [1.29, 1.82) is 0 Å². The largest absolute Gasteiger partial charge is 0.459 e. The molecule has 2 aliphatic rings. The summed E-state index contributed by atoms with van der Waals surface area (Å²) >= 11 is 0. The maximum Gasteiger partial charge on any atom is 0.290 e. The summed E-state index contributed by atoms with van der Waals surface area (Å²) in [6.07, 6.45) is 4.87. The SMILES string of the molecule is O=C(c1ccco1)N1C2CCNCC1CC2. The number of carbonyl (C=O) groups is 1. The molecule has 1 aromatic rings. The molecule has 2 saturated heterocycles. The second-order valence-corrected chi connectivity index (χ2v) is 4.57. The highest BCUT2D eigenvalue weighted by Crippen LogP contribution is 2.29. The van der Waals surface area contributed by atoms with E-state index in [4.69, 9.17) is 4.42 Å². The molecule has 0 radical (unpaired) electrons. The van der Waals surface area contributed by atoms with Crippen LogP contribution in [0.5, 0.6) is 0 Å². The summed E-state index contributed by atoms with van der Waals surface area (Å²) < 4.78 is 5.20. The van der Waals surface area contributed by atoms with E-state index < -0.39 is 0 Å². The van der Waals surface area contributed by atoms with Crippen molar-refractivity contribution in [2.24, 2.45) is 0 Å². The molecule has 1 N–H and O–H groups in total. The molecule has 2 unspecified atom stereocenters. The van der Waals surface area contributed by atoms with Crippen molar-refractivity contribution in [1.82, 2.24) is 10.2 Å². The van der Waals surface area contributed by atoms with Gasteiger partial charge in [-0.25, -0.2) is 0 Å². The van der Waals surface area contributed by atoms with E-state index >= 15 is 0 Å².